The summed E-state index contributed by atoms with van der Waals surface area (Å²) in [6.45, 7) is 2.78. The molecule has 1 aromatic heterocycles. The summed E-state index contributed by atoms with van der Waals surface area (Å²) in [6.07, 6.45) is 5.12. The van der Waals surface area contributed by atoms with E-state index in [4.69, 9.17) is 0 Å². The standard InChI is InChI=1S/C20H25N3O2/c24-19-8-2-1-5-11-22(19)13-10-20(25)23-12-9-16-15-6-3-4-7-17(15)21-18(16)14-23/h3-4,6-7,21H,1-2,5,8-14H2. The van der Waals surface area contributed by atoms with Gasteiger partial charge in [-0.15, -0.1) is 0 Å². The number of para-hydroxylation sites is 1. The molecule has 1 saturated heterocycles. The molecule has 2 aliphatic heterocycles. The van der Waals surface area contributed by atoms with Crippen LogP contribution in [0.15, 0.2) is 24.3 Å². The Morgan fingerprint density at radius 3 is 2.88 bits per heavy atom. The van der Waals surface area contributed by atoms with Gasteiger partial charge in [-0.05, 0) is 30.9 Å². The van der Waals surface area contributed by atoms with Crippen molar-refractivity contribution in [1.29, 1.82) is 0 Å². The second-order valence-corrected chi connectivity index (χ2v) is 7.13. The second-order valence-electron chi connectivity index (χ2n) is 7.13. The van der Waals surface area contributed by atoms with Gasteiger partial charge in [-0.3, -0.25) is 9.59 Å². The molecule has 0 unspecified atom stereocenters. The Hall–Kier alpha value is -2.30. The number of benzene rings is 1. The molecule has 5 heteroatoms. The third-order valence-electron chi connectivity index (χ3n) is 5.50. The Kier molecular flexibility index (Phi) is 4.47. The number of hydrogen-bond acceptors (Lipinski definition) is 2. The number of carbonyl (C=O) groups excluding carboxylic acids is 2. The molecule has 0 aliphatic carbocycles. The largest absolute Gasteiger partial charge is 0.357 e. The van der Waals surface area contributed by atoms with E-state index >= 15 is 0 Å². The Labute approximate surface area is 148 Å². The normalized spacial score (nSPS) is 18.3. The predicted octanol–water partition coefficient (Wildman–Crippen LogP) is 2.85. The molecule has 1 aromatic carbocycles. The molecule has 1 N–H and O–H groups in total. The molecular formula is C20H25N3O2. The highest BCUT2D eigenvalue weighted by Crippen LogP contribution is 2.27. The van der Waals surface area contributed by atoms with Gasteiger partial charge >= 0.3 is 0 Å². The number of rotatable bonds is 3. The highest BCUT2D eigenvalue weighted by molar-refractivity contribution is 5.86. The van der Waals surface area contributed by atoms with E-state index in [1.807, 2.05) is 15.9 Å². The first kappa shape index (κ1) is 16.2. The van der Waals surface area contributed by atoms with Crippen LogP contribution in [0.1, 0.15) is 43.4 Å². The number of hydrogen-bond donors (Lipinski definition) is 1. The Balaban J connectivity index is 1.39. The van der Waals surface area contributed by atoms with Gasteiger partial charge in [0.1, 0.15) is 0 Å². The van der Waals surface area contributed by atoms with E-state index in [1.165, 1.54) is 10.9 Å². The number of nitrogens with one attached hydrogen (secondary N) is 1. The SMILES string of the molecule is O=C1CCCCCN1CCC(=O)N1CCc2c([nH]c3ccccc23)C1. The maximum Gasteiger partial charge on any atom is 0.224 e. The first-order valence-electron chi connectivity index (χ1n) is 9.36. The zero-order valence-electron chi connectivity index (χ0n) is 14.6. The van der Waals surface area contributed by atoms with Crippen molar-refractivity contribution in [3.05, 3.63) is 35.5 Å². The van der Waals surface area contributed by atoms with Gasteiger partial charge in [0.15, 0.2) is 0 Å². The van der Waals surface area contributed by atoms with Gasteiger partial charge in [-0.1, -0.05) is 24.6 Å². The molecule has 0 spiro atoms. The molecule has 2 aliphatic rings. The summed E-state index contributed by atoms with van der Waals surface area (Å²) in [5.74, 6) is 0.364. The quantitative estimate of drug-likeness (QED) is 0.935. The van der Waals surface area contributed by atoms with Crippen LogP contribution in [0.5, 0.6) is 0 Å². The van der Waals surface area contributed by atoms with Gasteiger partial charge in [0.05, 0.1) is 6.54 Å². The first-order valence-corrected chi connectivity index (χ1v) is 9.36. The first-order chi connectivity index (χ1) is 12.2. The van der Waals surface area contributed by atoms with Crippen molar-refractivity contribution in [2.75, 3.05) is 19.6 Å². The predicted molar refractivity (Wildman–Crippen MR) is 97.1 cm³/mol. The summed E-state index contributed by atoms with van der Waals surface area (Å²) in [6, 6.07) is 8.33. The van der Waals surface area contributed by atoms with Crippen LogP contribution in [0.25, 0.3) is 10.9 Å². The summed E-state index contributed by atoms with van der Waals surface area (Å²) >= 11 is 0. The van der Waals surface area contributed by atoms with Crippen molar-refractivity contribution in [3.63, 3.8) is 0 Å². The Morgan fingerprint density at radius 2 is 1.96 bits per heavy atom. The molecule has 1 fully saturated rings. The number of nitrogens with zero attached hydrogens (tertiary/aromatic N) is 2. The van der Waals surface area contributed by atoms with Crippen molar-refractivity contribution in [3.8, 4) is 0 Å². The maximum atomic E-state index is 12.6. The van der Waals surface area contributed by atoms with E-state index in [1.54, 1.807) is 0 Å². The molecule has 2 amide bonds. The van der Waals surface area contributed by atoms with Crippen LogP contribution in [0, 0.1) is 0 Å². The molecule has 3 heterocycles. The molecule has 132 valence electrons. The number of H-pyrrole nitrogens is 1. The van der Waals surface area contributed by atoms with Gasteiger partial charge in [0.2, 0.25) is 11.8 Å². The zero-order chi connectivity index (χ0) is 17.2. The Bertz CT molecular complexity index is 795. The summed E-state index contributed by atoms with van der Waals surface area (Å²) in [7, 11) is 0. The number of amides is 2. The van der Waals surface area contributed by atoms with Crippen molar-refractivity contribution in [1.82, 2.24) is 14.8 Å². The molecule has 25 heavy (non-hydrogen) atoms. The molecule has 5 nitrogen and oxygen atoms in total. The minimum absolute atomic E-state index is 0.154. The lowest BCUT2D eigenvalue weighted by molar-refractivity contribution is -0.134. The fourth-order valence-corrected chi connectivity index (χ4v) is 4.07. The number of aromatic amines is 1. The molecular weight excluding hydrogens is 314 g/mol. The van der Waals surface area contributed by atoms with E-state index in [-0.39, 0.29) is 11.8 Å². The van der Waals surface area contributed by atoms with Gasteiger partial charge in [-0.2, -0.15) is 0 Å². The van der Waals surface area contributed by atoms with E-state index in [0.29, 0.717) is 25.9 Å². The third-order valence-corrected chi connectivity index (χ3v) is 5.50. The third kappa shape index (κ3) is 3.28. The maximum absolute atomic E-state index is 12.6. The van der Waals surface area contributed by atoms with Crippen LogP contribution in [-0.2, 0) is 22.6 Å². The van der Waals surface area contributed by atoms with Crippen LogP contribution in [0.2, 0.25) is 0 Å². The minimum atomic E-state index is 0.154. The smallest absolute Gasteiger partial charge is 0.224 e. The van der Waals surface area contributed by atoms with Gasteiger partial charge in [0, 0.05) is 49.1 Å². The van der Waals surface area contributed by atoms with Gasteiger partial charge in [0.25, 0.3) is 0 Å². The number of fused-ring (bicyclic) bond motifs is 3. The molecule has 0 radical (unpaired) electrons. The van der Waals surface area contributed by atoms with Crippen LogP contribution >= 0.6 is 0 Å². The highest BCUT2D eigenvalue weighted by atomic mass is 16.2. The monoisotopic (exact) mass is 339 g/mol. The van der Waals surface area contributed by atoms with E-state index < -0.39 is 0 Å². The number of carbonyl (C=O) groups is 2. The molecule has 2 aromatic rings. The second kappa shape index (κ2) is 6.90. The highest BCUT2D eigenvalue weighted by Gasteiger charge is 2.25. The van der Waals surface area contributed by atoms with Gasteiger partial charge < -0.3 is 14.8 Å². The summed E-state index contributed by atoms with van der Waals surface area (Å²) in [5.41, 5.74) is 3.66. The molecule has 0 atom stereocenters. The van der Waals surface area contributed by atoms with Crippen molar-refractivity contribution >= 4 is 22.7 Å². The lowest BCUT2D eigenvalue weighted by Crippen LogP contribution is -2.39. The fourth-order valence-electron chi connectivity index (χ4n) is 4.07. The topological polar surface area (TPSA) is 56.4 Å². The van der Waals surface area contributed by atoms with Crippen LogP contribution < -0.4 is 0 Å². The average molecular weight is 339 g/mol. The lowest BCUT2D eigenvalue weighted by atomic mass is 10.0. The molecule has 0 saturated carbocycles. The summed E-state index contributed by atoms with van der Waals surface area (Å²) in [5, 5.41) is 1.28. The fraction of sp³-hybridized carbons (Fsp3) is 0.500. The van der Waals surface area contributed by atoms with Crippen LogP contribution in [-0.4, -0.2) is 46.2 Å². The van der Waals surface area contributed by atoms with E-state index in [2.05, 4.69) is 23.2 Å². The van der Waals surface area contributed by atoms with E-state index in [0.717, 1.165) is 50.0 Å². The van der Waals surface area contributed by atoms with Crippen molar-refractivity contribution in [2.45, 2.75) is 45.1 Å². The van der Waals surface area contributed by atoms with E-state index in [9.17, 15) is 9.59 Å². The molecule has 4 rings (SSSR count). The summed E-state index contributed by atoms with van der Waals surface area (Å²) in [4.78, 5) is 32.0. The van der Waals surface area contributed by atoms with Crippen molar-refractivity contribution < 1.29 is 9.59 Å². The number of likely N-dealkylation sites (tertiary alicyclic amines) is 1. The summed E-state index contributed by atoms with van der Waals surface area (Å²) < 4.78 is 0. The van der Waals surface area contributed by atoms with Gasteiger partial charge in [-0.25, -0.2) is 0 Å². The van der Waals surface area contributed by atoms with Crippen LogP contribution in [0.3, 0.4) is 0 Å². The number of aromatic nitrogens is 1. The Morgan fingerprint density at radius 1 is 1.08 bits per heavy atom. The zero-order valence-corrected chi connectivity index (χ0v) is 14.6. The minimum Gasteiger partial charge on any atom is -0.357 e. The average Bonchev–Trinajstić information content (AvgIpc) is 2.88. The lowest BCUT2D eigenvalue weighted by Gasteiger charge is -2.28. The van der Waals surface area contributed by atoms with Crippen LogP contribution in [0.4, 0.5) is 0 Å². The van der Waals surface area contributed by atoms with Crippen molar-refractivity contribution in [2.24, 2.45) is 0 Å². The molecule has 0 bridgehead atoms.